The first-order chi connectivity index (χ1) is 9.22. The van der Waals surface area contributed by atoms with Crippen LogP contribution in [0.4, 0.5) is 0 Å². The van der Waals surface area contributed by atoms with Gasteiger partial charge < -0.3 is 10.4 Å². The molecular weight excluding hydrogens is 234 g/mol. The van der Waals surface area contributed by atoms with Crippen molar-refractivity contribution in [2.75, 3.05) is 6.54 Å². The Morgan fingerprint density at radius 1 is 1.26 bits per heavy atom. The third-order valence-electron chi connectivity index (χ3n) is 6.09. The quantitative estimate of drug-likeness (QED) is 0.748. The van der Waals surface area contributed by atoms with Crippen LogP contribution in [0.2, 0.25) is 0 Å². The number of hydrogen-bond acceptors (Lipinski definition) is 2. The Balaban J connectivity index is 1.93. The fourth-order valence-corrected chi connectivity index (χ4v) is 5.16. The standard InChI is InChI=1S/C17H23NO/c1-11-12-10-15-14-4-2-3-7-17(14,8-9-18-15)13(12)5-6-16(11)19/h5-6,14-15,18-19H,2-4,7-10H2,1H3/t14-,15+,17-/m0/s1. The molecule has 0 radical (unpaired) electrons. The van der Waals surface area contributed by atoms with Crippen molar-refractivity contribution in [3.8, 4) is 5.75 Å². The minimum absolute atomic E-state index is 0.417. The number of rotatable bonds is 0. The number of fused-ring (bicyclic) bond motifs is 1. The van der Waals surface area contributed by atoms with Gasteiger partial charge in [0, 0.05) is 11.5 Å². The Hall–Kier alpha value is -1.02. The van der Waals surface area contributed by atoms with Gasteiger partial charge in [-0.05, 0) is 67.8 Å². The van der Waals surface area contributed by atoms with Gasteiger partial charge in [-0.2, -0.15) is 0 Å². The fourth-order valence-electron chi connectivity index (χ4n) is 5.16. The molecule has 3 aliphatic rings. The van der Waals surface area contributed by atoms with E-state index in [1.54, 1.807) is 5.56 Å². The van der Waals surface area contributed by atoms with Crippen LogP contribution in [0.1, 0.15) is 48.8 Å². The van der Waals surface area contributed by atoms with Crippen LogP contribution in [-0.2, 0) is 11.8 Å². The Morgan fingerprint density at radius 3 is 3.05 bits per heavy atom. The highest BCUT2D eigenvalue weighted by Crippen LogP contribution is 2.54. The summed E-state index contributed by atoms with van der Waals surface area (Å²) in [6, 6.07) is 4.80. The van der Waals surface area contributed by atoms with Crippen LogP contribution >= 0.6 is 0 Å². The van der Waals surface area contributed by atoms with Crippen LogP contribution < -0.4 is 5.32 Å². The molecule has 102 valence electrons. The van der Waals surface area contributed by atoms with E-state index < -0.39 is 0 Å². The molecule has 1 heterocycles. The molecule has 19 heavy (non-hydrogen) atoms. The molecule has 1 aromatic rings. The third-order valence-corrected chi connectivity index (χ3v) is 6.09. The van der Waals surface area contributed by atoms with Crippen LogP contribution in [0.15, 0.2) is 12.1 Å². The largest absolute Gasteiger partial charge is 0.508 e. The van der Waals surface area contributed by atoms with E-state index in [0.717, 1.165) is 17.9 Å². The smallest absolute Gasteiger partial charge is 0.118 e. The Morgan fingerprint density at radius 2 is 2.16 bits per heavy atom. The summed E-state index contributed by atoms with van der Waals surface area (Å²) in [7, 11) is 0. The van der Waals surface area contributed by atoms with Gasteiger partial charge in [0.05, 0.1) is 0 Å². The summed E-state index contributed by atoms with van der Waals surface area (Å²) in [6.07, 6.45) is 7.91. The molecule has 2 fully saturated rings. The minimum Gasteiger partial charge on any atom is -0.508 e. The monoisotopic (exact) mass is 257 g/mol. The number of nitrogens with one attached hydrogen (secondary N) is 1. The number of aromatic hydroxyl groups is 1. The second-order valence-electron chi connectivity index (χ2n) is 6.76. The van der Waals surface area contributed by atoms with E-state index in [2.05, 4.69) is 18.3 Å². The Bertz CT molecular complexity index is 520. The Labute approximate surface area is 115 Å². The lowest BCUT2D eigenvalue weighted by molar-refractivity contribution is 0.0794. The number of benzene rings is 1. The average Bonchev–Trinajstić information content (AvgIpc) is 2.43. The summed E-state index contributed by atoms with van der Waals surface area (Å²) in [4.78, 5) is 0. The fraction of sp³-hybridized carbons (Fsp3) is 0.647. The highest BCUT2D eigenvalue weighted by atomic mass is 16.3. The molecule has 0 amide bonds. The van der Waals surface area contributed by atoms with Crippen molar-refractivity contribution in [2.45, 2.75) is 56.9 Å². The van der Waals surface area contributed by atoms with Crippen molar-refractivity contribution in [1.29, 1.82) is 0 Å². The lowest BCUT2D eigenvalue weighted by Gasteiger charge is -2.56. The number of phenolic OH excluding ortho intramolecular Hbond substituents is 1. The molecule has 2 heteroatoms. The molecule has 1 aliphatic heterocycles. The van der Waals surface area contributed by atoms with Crippen LogP contribution in [-0.4, -0.2) is 17.7 Å². The zero-order chi connectivity index (χ0) is 13.0. The van der Waals surface area contributed by atoms with Gasteiger partial charge in [0.15, 0.2) is 0 Å². The number of hydrogen-bond donors (Lipinski definition) is 2. The maximum atomic E-state index is 10.0. The SMILES string of the molecule is Cc1c(O)ccc2c1C[C@H]1NCC[C@@]23CCCC[C@@H]13. The second-order valence-corrected chi connectivity index (χ2v) is 6.76. The summed E-state index contributed by atoms with van der Waals surface area (Å²) < 4.78 is 0. The molecular formula is C17H23NO. The van der Waals surface area contributed by atoms with E-state index >= 15 is 0 Å². The molecule has 0 spiro atoms. The first kappa shape index (κ1) is 11.8. The third kappa shape index (κ3) is 1.47. The van der Waals surface area contributed by atoms with Crippen molar-refractivity contribution >= 4 is 0 Å². The zero-order valence-corrected chi connectivity index (χ0v) is 11.7. The van der Waals surface area contributed by atoms with Crippen LogP contribution in [0.3, 0.4) is 0 Å². The predicted molar refractivity (Wildman–Crippen MR) is 76.6 cm³/mol. The zero-order valence-electron chi connectivity index (χ0n) is 11.7. The van der Waals surface area contributed by atoms with Crippen molar-refractivity contribution in [1.82, 2.24) is 5.32 Å². The van der Waals surface area contributed by atoms with Crippen LogP contribution in [0, 0.1) is 12.8 Å². The highest BCUT2D eigenvalue weighted by Gasteiger charge is 2.51. The summed E-state index contributed by atoms with van der Waals surface area (Å²) in [5.74, 6) is 1.30. The van der Waals surface area contributed by atoms with E-state index in [9.17, 15) is 5.11 Å². The first-order valence-electron chi connectivity index (χ1n) is 7.78. The maximum absolute atomic E-state index is 10.0. The van der Waals surface area contributed by atoms with Gasteiger partial charge in [0.1, 0.15) is 5.75 Å². The first-order valence-corrected chi connectivity index (χ1v) is 7.78. The van der Waals surface area contributed by atoms with Crippen molar-refractivity contribution in [3.05, 3.63) is 28.8 Å². The van der Waals surface area contributed by atoms with Gasteiger partial charge in [0.25, 0.3) is 0 Å². The minimum atomic E-state index is 0.417. The number of piperidine rings is 1. The van der Waals surface area contributed by atoms with E-state index in [4.69, 9.17) is 0 Å². The van der Waals surface area contributed by atoms with Gasteiger partial charge in [-0.3, -0.25) is 0 Å². The summed E-state index contributed by atoms with van der Waals surface area (Å²) in [5, 5.41) is 13.8. The normalized spacial score (nSPS) is 36.5. The molecule has 2 bridgehead atoms. The molecule has 1 aromatic carbocycles. The molecule has 1 saturated heterocycles. The molecule has 0 aromatic heterocycles. The van der Waals surface area contributed by atoms with Gasteiger partial charge >= 0.3 is 0 Å². The molecule has 2 aliphatic carbocycles. The summed E-state index contributed by atoms with van der Waals surface area (Å²) >= 11 is 0. The van der Waals surface area contributed by atoms with Gasteiger partial charge in [-0.15, -0.1) is 0 Å². The molecule has 2 nitrogen and oxygen atoms in total. The van der Waals surface area contributed by atoms with E-state index in [1.165, 1.54) is 44.2 Å². The summed E-state index contributed by atoms with van der Waals surface area (Å²) in [6.45, 7) is 3.25. The van der Waals surface area contributed by atoms with Gasteiger partial charge in [-0.1, -0.05) is 18.9 Å². The maximum Gasteiger partial charge on any atom is 0.118 e. The molecule has 0 unspecified atom stereocenters. The van der Waals surface area contributed by atoms with E-state index in [1.807, 2.05) is 6.07 Å². The van der Waals surface area contributed by atoms with Gasteiger partial charge in [-0.25, -0.2) is 0 Å². The lowest BCUT2D eigenvalue weighted by Crippen LogP contribution is -2.59. The molecule has 2 N–H and O–H groups in total. The number of phenols is 1. The lowest BCUT2D eigenvalue weighted by atomic mass is 9.52. The molecule has 1 saturated carbocycles. The molecule has 3 atom stereocenters. The van der Waals surface area contributed by atoms with E-state index in [-0.39, 0.29) is 0 Å². The van der Waals surface area contributed by atoms with E-state index in [0.29, 0.717) is 17.2 Å². The van der Waals surface area contributed by atoms with Crippen LogP contribution in [0.25, 0.3) is 0 Å². The van der Waals surface area contributed by atoms with Crippen molar-refractivity contribution in [2.24, 2.45) is 5.92 Å². The van der Waals surface area contributed by atoms with Crippen LogP contribution in [0.5, 0.6) is 5.75 Å². The Kier molecular flexibility index (Phi) is 2.47. The van der Waals surface area contributed by atoms with Crippen molar-refractivity contribution < 1.29 is 5.11 Å². The predicted octanol–water partition coefficient (Wildman–Crippen LogP) is 3.05. The molecule has 4 rings (SSSR count). The highest BCUT2D eigenvalue weighted by molar-refractivity contribution is 5.50. The second kappa shape index (κ2) is 3.99. The van der Waals surface area contributed by atoms with Gasteiger partial charge in [0.2, 0.25) is 0 Å². The summed E-state index contributed by atoms with van der Waals surface area (Å²) in [5.41, 5.74) is 4.55. The average molecular weight is 257 g/mol. The topological polar surface area (TPSA) is 32.3 Å². The van der Waals surface area contributed by atoms with Crippen molar-refractivity contribution in [3.63, 3.8) is 0 Å².